The molecule has 1 aromatic carbocycles. The van der Waals surface area contributed by atoms with E-state index < -0.39 is 0 Å². The molecule has 1 heterocycles. The molecular formula is C16H21BrN2O3. The number of benzene rings is 1. The molecule has 2 amide bonds. The van der Waals surface area contributed by atoms with Crippen molar-refractivity contribution >= 4 is 33.4 Å². The van der Waals surface area contributed by atoms with Gasteiger partial charge in [0, 0.05) is 36.1 Å². The van der Waals surface area contributed by atoms with Gasteiger partial charge >= 0.3 is 0 Å². The molecule has 0 spiro atoms. The lowest BCUT2D eigenvalue weighted by atomic mass is 10.1. The highest BCUT2D eigenvalue weighted by molar-refractivity contribution is 9.09. The fourth-order valence-corrected chi connectivity index (χ4v) is 2.68. The quantitative estimate of drug-likeness (QED) is 0.620. The molecule has 0 saturated carbocycles. The SMILES string of the molecule is O=C(CCCCBr)Nc1cccc(C(=O)N2CCOCC2)c1. The third kappa shape index (κ3) is 5.10. The van der Waals surface area contributed by atoms with Gasteiger partial charge in [-0.15, -0.1) is 0 Å². The summed E-state index contributed by atoms with van der Waals surface area (Å²) in [4.78, 5) is 26.0. The van der Waals surface area contributed by atoms with Gasteiger partial charge in [-0.05, 0) is 31.0 Å². The Morgan fingerprint density at radius 1 is 1.23 bits per heavy atom. The third-order valence-corrected chi connectivity index (χ3v) is 4.04. The summed E-state index contributed by atoms with van der Waals surface area (Å²) < 4.78 is 5.25. The number of nitrogens with one attached hydrogen (secondary N) is 1. The Balaban J connectivity index is 1.94. The summed E-state index contributed by atoms with van der Waals surface area (Å²) in [7, 11) is 0. The number of rotatable bonds is 6. The molecule has 0 radical (unpaired) electrons. The first-order chi connectivity index (χ1) is 10.7. The van der Waals surface area contributed by atoms with Crippen molar-refractivity contribution in [3.8, 4) is 0 Å². The van der Waals surface area contributed by atoms with Crippen molar-refractivity contribution in [3.05, 3.63) is 29.8 Å². The number of anilines is 1. The van der Waals surface area contributed by atoms with Crippen LogP contribution in [0.2, 0.25) is 0 Å². The molecule has 0 unspecified atom stereocenters. The van der Waals surface area contributed by atoms with Crippen LogP contribution in [0.15, 0.2) is 24.3 Å². The number of unbranched alkanes of at least 4 members (excludes halogenated alkanes) is 1. The number of hydrogen-bond acceptors (Lipinski definition) is 3. The van der Waals surface area contributed by atoms with E-state index in [1.165, 1.54) is 0 Å². The predicted molar refractivity (Wildman–Crippen MR) is 89.4 cm³/mol. The molecule has 1 aliphatic heterocycles. The van der Waals surface area contributed by atoms with Crippen molar-refractivity contribution < 1.29 is 14.3 Å². The van der Waals surface area contributed by atoms with E-state index in [9.17, 15) is 9.59 Å². The first kappa shape index (κ1) is 17.0. The second kappa shape index (κ2) is 8.90. The number of morpholine rings is 1. The van der Waals surface area contributed by atoms with E-state index in [1.807, 2.05) is 0 Å². The van der Waals surface area contributed by atoms with E-state index in [1.54, 1.807) is 29.2 Å². The molecule has 5 nitrogen and oxygen atoms in total. The summed E-state index contributed by atoms with van der Waals surface area (Å²) in [5, 5.41) is 3.76. The van der Waals surface area contributed by atoms with Gasteiger partial charge in [-0.25, -0.2) is 0 Å². The predicted octanol–water partition coefficient (Wildman–Crippen LogP) is 2.66. The smallest absolute Gasteiger partial charge is 0.254 e. The van der Waals surface area contributed by atoms with E-state index in [0.29, 0.717) is 44.0 Å². The Kier molecular flexibility index (Phi) is 6.86. The van der Waals surface area contributed by atoms with E-state index in [0.717, 1.165) is 18.2 Å². The summed E-state index contributed by atoms with van der Waals surface area (Å²) in [5.41, 5.74) is 1.27. The minimum Gasteiger partial charge on any atom is -0.378 e. The van der Waals surface area contributed by atoms with Crippen LogP contribution in [0.3, 0.4) is 0 Å². The molecule has 1 aromatic rings. The average Bonchev–Trinajstić information content (AvgIpc) is 2.55. The highest BCUT2D eigenvalue weighted by Gasteiger charge is 2.18. The molecular weight excluding hydrogens is 348 g/mol. The van der Waals surface area contributed by atoms with Crippen molar-refractivity contribution in [1.29, 1.82) is 0 Å². The van der Waals surface area contributed by atoms with E-state index >= 15 is 0 Å². The zero-order chi connectivity index (χ0) is 15.8. The fraction of sp³-hybridized carbons (Fsp3) is 0.500. The Morgan fingerprint density at radius 3 is 2.73 bits per heavy atom. The van der Waals surface area contributed by atoms with Crippen molar-refractivity contribution in [2.24, 2.45) is 0 Å². The molecule has 1 N–H and O–H groups in total. The number of halogens is 1. The average molecular weight is 369 g/mol. The van der Waals surface area contributed by atoms with E-state index in [4.69, 9.17) is 4.74 Å². The topological polar surface area (TPSA) is 58.6 Å². The lowest BCUT2D eigenvalue weighted by Crippen LogP contribution is -2.40. The van der Waals surface area contributed by atoms with Gasteiger partial charge in [0.05, 0.1) is 13.2 Å². The van der Waals surface area contributed by atoms with Gasteiger partial charge in [0.1, 0.15) is 0 Å². The Hall–Kier alpha value is -1.40. The number of hydrogen-bond donors (Lipinski definition) is 1. The van der Waals surface area contributed by atoms with Crippen LogP contribution in [0.5, 0.6) is 0 Å². The van der Waals surface area contributed by atoms with Crippen molar-refractivity contribution in [2.45, 2.75) is 19.3 Å². The summed E-state index contributed by atoms with van der Waals surface area (Å²) >= 11 is 3.35. The van der Waals surface area contributed by atoms with Crippen molar-refractivity contribution in [1.82, 2.24) is 4.90 Å². The molecule has 22 heavy (non-hydrogen) atoms. The van der Waals surface area contributed by atoms with Crippen LogP contribution in [0.1, 0.15) is 29.6 Å². The van der Waals surface area contributed by atoms with Crippen LogP contribution in [-0.2, 0) is 9.53 Å². The maximum absolute atomic E-state index is 12.4. The molecule has 120 valence electrons. The van der Waals surface area contributed by atoms with Crippen LogP contribution >= 0.6 is 15.9 Å². The number of amides is 2. The maximum atomic E-state index is 12.4. The van der Waals surface area contributed by atoms with Gasteiger partial charge in [0.15, 0.2) is 0 Å². The minimum absolute atomic E-state index is 0.0151. The first-order valence-electron chi connectivity index (χ1n) is 7.53. The molecule has 1 aliphatic rings. The van der Waals surface area contributed by atoms with Gasteiger partial charge in [0.25, 0.3) is 5.91 Å². The largest absolute Gasteiger partial charge is 0.378 e. The van der Waals surface area contributed by atoms with Gasteiger partial charge < -0.3 is 15.0 Å². The molecule has 0 atom stereocenters. The second-order valence-electron chi connectivity index (χ2n) is 5.18. The van der Waals surface area contributed by atoms with Crippen LogP contribution in [0, 0.1) is 0 Å². The molecule has 0 bridgehead atoms. The normalized spacial score (nSPS) is 14.7. The molecule has 1 saturated heterocycles. The summed E-state index contributed by atoms with van der Waals surface area (Å²) in [6.07, 6.45) is 2.32. The van der Waals surface area contributed by atoms with Crippen LogP contribution in [0.25, 0.3) is 0 Å². The van der Waals surface area contributed by atoms with Crippen LogP contribution < -0.4 is 5.32 Å². The fourth-order valence-electron chi connectivity index (χ4n) is 2.28. The summed E-state index contributed by atoms with van der Waals surface area (Å²) in [5.74, 6) is -0.0318. The van der Waals surface area contributed by atoms with Gasteiger partial charge in [-0.3, -0.25) is 9.59 Å². The minimum atomic E-state index is -0.0167. The van der Waals surface area contributed by atoms with Crippen LogP contribution in [0.4, 0.5) is 5.69 Å². The van der Waals surface area contributed by atoms with E-state index in [2.05, 4.69) is 21.2 Å². The number of carbonyl (C=O) groups is 2. The number of carbonyl (C=O) groups excluding carboxylic acids is 2. The number of nitrogens with zero attached hydrogens (tertiary/aromatic N) is 1. The molecule has 2 rings (SSSR count). The Bertz CT molecular complexity index is 516. The van der Waals surface area contributed by atoms with Crippen LogP contribution in [-0.4, -0.2) is 48.3 Å². The van der Waals surface area contributed by atoms with Gasteiger partial charge in [0.2, 0.25) is 5.91 Å². The molecule has 0 aliphatic carbocycles. The number of alkyl halides is 1. The lowest BCUT2D eigenvalue weighted by molar-refractivity contribution is -0.116. The first-order valence-corrected chi connectivity index (χ1v) is 8.66. The molecule has 0 aromatic heterocycles. The van der Waals surface area contributed by atoms with E-state index in [-0.39, 0.29) is 11.8 Å². The summed E-state index contributed by atoms with van der Waals surface area (Å²) in [6.45, 7) is 2.38. The third-order valence-electron chi connectivity index (χ3n) is 3.48. The zero-order valence-corrected chi connectivity index (χ0v) is 14.1. The Labute approximate surface area is 139 Å². The Morgan fingerprint density at radius 2 is 2.00 bits per heavy atom. The van der Waals surface area contributed by atoms with Crippen molar-refractivity contribution in [2.75, 3.05) is 37.0 Å². The number of ether oxygens (including phenoxy) is 1. The van der Waals surface area contributed by atoms with Gasteiger partial charge in [-0.2, -0.15) is 0 Å². The lowest BCUT2D eigenvalue weighted by Gasteiger charge is -2.27. The molecule has 1 fully saturated rings. The van der Waals surface area contributed by atoms with Crippen molar-refractivity contribution in [3.63, 3.8) is 0 Å². The summed E-state index contributed by atoms with van der Waals surface area (Å²) in [6, 6.07) is 7.11. The van der Waals surface area contributed by atoms with Gasteiger partial charge in [-0.1, -0.05) is 22.0 Å². The standard InChI is InChI=1S/C16H21BrN2O3/c17-7-2-1-6-15(20)18-14-5-3-4-13(12-14)16(21)19-8-10-22-11-9-19/h3-5,12H,1-2,6-11H2,(H,18,20). The highest BCUT2D eigenvalue weighted by Crippen LogP contribution is 2.14. The molecule has 6 heteroatoms. The highest BCUT2D eigenvalue weighted by atomic mass is 79.9. The monoisotopic (exact) mass is 368 g/mol. The zero-order valence-electron chi connectivity index (χ0n) is 12.5. The maximum Gasteiger partial charge on any atom is 0.254 e. The second-order valence-corrected chi connectivity index (χ2v) is 5.97.